The number of amides is 1. The standard InChI is InChI=1S/C27H31ClN4O3/c1-27(2)16-31(23(33)12-17-5-8-19(9-6-17)26(34)35)15-21-24(27)20-4-3-11-29-25(20)32(21)14-18-7-10-22(28)30-13-18/h3-4,7,10-11,13,17,19H,5-6,8-9,12,14-16H2,1-2H3,(H,34,35)/t17-,19-. The second kappa shape index (κ2) is 9.26. The fourth-order valence-electron chi connectivity index (χ4n) is 5.96. The van der Waals surface area contributed by atoms with Crippen LogP contribution in [0.15, 0.2) is 36.7 Å². The van der Waals surface area contributed by atoms with E-state index in [2.05, 4.69) is 29.5 Å². The van der Waals surface area contributed by atoms with Gasteiger partial charge in [-0.25, -0.2) is 9.97 Å². The zero-order valence-electron chi connectivity index (χ0n) is 20.2. The van der Waals surface area contributed by atoms with Crippen molar-refractivity contribution in [3.05, 3.63) is 58.6 Å². The third-order valence-electron chi connectivity index (χ3n) is 7.67. The first-order valence-electron chi connectivity index (χ1n) is 12.3. The summed E-state index contributed by atoms with van der Waals surface area (Å²) < 4.78 is 2.22. The average Bonchev–Trinajstić information content (AvgIpc) is 3.15. The highest BCUT2D eigenvalue weighted by molar-refractivity contribution is 6.29. The third-order valence-corrected chi connectivity index (χ3v) is 7.89. The van der Waals surface area contributed by atoms with Crippen molar-refractivity contribution in [3.63, 3.8) is 0 Å². The molecule has 1 aliphatic carbocycles. The maximum atomic E-state index is 13.5. The van der Waals surface area contributed by atoms with Crippen molar-refractivity contribution in [3.8, 4) is 0 Å². The van der Waals surface area contributed by atoms with E-state index in [1.807, 2.05) is 23.2 Å². The number of carbonyl (C=O) groups excluding carboxylic acids is 1. The van der Waals surface area contributed by atoms with Crippen LogP contribution in [0.3, 0.4) is 0 Å². The minimum Gasteiger partial charge on any atom is -0.481 e. The van der Waals surface area contributed by atoms with Gasteiger partial charge in [0.2, 0.25) is 5.91 Å². The maximum Gasteiger partial charge on any atom is 0.306 e. The molecule has 0 spiro atoms. The SMILES string of the molecule is CC1(C)CN(C(=O)C[C@H]2CC[C@H](C(=O)O)CC2)Cc2c1c1cccnc1n2Cc1ccc(Cl)nc1. The van der Waals surface area contributed by atoms with E-state index in [-0.39, 0.29) is 23.2 Å². The Morgan fingerprint density at radius 3 is 2.60 bits per heavy atom. The number of fused-ring (bicyclic) bond motifs is 3. The molecule has 0 bridgehead atoms. The van der Waals surface area contributed by atoms with Crippen LogP contribution in [-0.4, -0.2) is 43.0 Å². The van der Waals surface area contributed by atoms with Gasteiger partial charge in [0.25, 0.3) is 0 Å². The number of hydrogen-bond acceptors (Lipinski definition) is 4. The van der Waals surface area contributed by atoms with Crippen molar-refractivity contribution >= 4 is 34.5 Å². The lowest BCUT2D eigenvalue weighted by molar-refractivity contribution is -0.143. The number of aromatic nitrogens is 3. The molecule has 3 aromatic rings. The number of nitrogens with zero attached hydrogens (tertiary/aromatic N) is 4. The summed E-state index contributed by atoms with van der Waals surface area (Å²) in [6, 6.07) is 7.86. The van der Waals surface area contributed by atoms with E-state index in [1.54, 1.807) is 12.3 Å². The van der Waals surface area contributed by atoms with E-state index >= 15 is 0 Å². The lowest BCUT2D eigenvalue weighted by Gasteiger charge is -2.40. The number of carboxylic acid groups (broad SMARTS) is 1. The van der Waals surface area contributed by atoms with Crippen molar-refractivity contribution < 1.29 is 14.7 Å². The average molecular weight is 495 g/mol. The number of hydrogen-bond donors (Lipinski definition) is 1. The second-order valence-corrected chi connectivity index (χ2v) is 11.1. The molecule has 0 atom stereocenters. The van der Waals surface area contributed by atoms with E-state index in [9.17, 15) is 14.7 Å². The monoisotopic (exact) mass is 494 g/mol. The van der Waals surface area contributed by atoms with Gasteiger partial charge in [-0.05, 0) is 60.9 Å². The van der Waals surface area contributed by atoms with Crippen LogP contribution in [-0.2, 0) is 28.1 Å². The first-order chi connectivity index (χ1) is 16.7. The van der Waals surface area contributed by atoms with E-state index in [0.29, 0.717) is 44.0 Å². The Kier molecular flexibility index (Phi) is 6.30. The molecular weight excluding hydrogens is 464 g/mol. The molecule has 2 aliphatic rings. The summed E-state index contributed by atoms with van der Waals surface area (Å²) in [4.78, 5) is 35.7. The van der Waals surface area contributed by atoms with Crippen molar-refractivity contribution in [2.45, 2.75) is 64.5 Å². The van der Waals surface area contributed by atoms with Crippen LogP contribution in [0.25, 0.3) is 11.0 Å². The van der Waals surface area contributed by atoms with E-state index in [1.165, 1.54) is 5.56 Å². The Hall–Kier alpha value is -2.93. The van der Waals surface area contributed by atoms with Gasteiger partial charge >= 0.3 is 5.97 Å². The van der Waals surface area contributed by atoms with Crippen LogP contribution < -0.4 is 0 Å². The summed E-state index contributed by atoms with van der Waals surface area (Å²) in [5.74, 6) is -0.559. The summed E-state index contributed by atoms with van der Waals surface area (Å²) in [6.45, 7) is 6.19. The number of halogens is 1. The Bertz CT molecular complexity index is 1260. The summed E-state index contributed by atoms with van der Waals surface area (Å²) >= 11 is 6.00. The highest BCUT2D eigenvalue weighted by atomic mass is 35.5. The highest BCUT2D eigenvalue weighted by Crippen LogP contribution is 2.41. The molecule has 8 heteroatoms. The molecular formula is C27H31ClN4O3. The van der Waals surface area contributed by atoms with Crippen LogP contribution in [0.2, 0.25) is 5.15 Å². The highest BCUT2D eigenvalue weighted by Gasteiger charge is 2.39. The van der Waals surface area contributed by atoms with Crippen LogP contribution in [0.1, 0.15) is 62.8 Å². The van der Waals surface area contributed by atoms with Gasteiger partial charge < -0.3 is 14.6 Å². The van der Waals surface area contributed by atoms with Gasteiger partial charge in [-0.3, -0.25) is 9.59 Å². The van der Waals surface area contributed by atoms with Gasteiger partial charge in [0.05, 0.1) is 19.0 Å². The molecule has 184 valence electrons. The molecule has 7 nitrogen and oxygen atoms in total. The fraction of sp³-hybridized carbons (Fsp3) is 0.481. The third kappa shape index (κ3) is 4.66. The molecule has 5 rings (SSSR count). The predicted octanol–water partition coefficient (Wildman–Crippen LogP) is 5.03. The van der Waals surface area contributed by atoms with Crippen LogP contribution in [0.4, 0.5) is 0 Å². The molecule has 0 saturated heterocycles. The molecule has 35 heavy (non-hydrogen) atoms. The molecule has 3 aromatic heterocycles. The van der Waals surface area contributed by atoms with E-state index < -0.39 is 5.97 Å². The molecule has 1 fully saturated rings. The predicted molar refractivity (Wildman–Crippen MR) is 134 cm³/mol. The number of rotatable bonds is 5. The number of pyridine rings is 2. The zero-order valence-corrected chi connectivity index (χ0v) is 21.0. The second-order valence-electron chi connectivity index (χ2n) is 10.7. The molecule has 1 aliphatic heterocycles. The van der Waals surface area contributed by atoms with Gasteiger partial charge in [-0.2, -0.15) is 0 Å². The van der Waals surface area contributed by atoms with Gasteiger partial charge in [-0.1, -0.05) is 31.5 Å². The van der Waals surface area contributed by atoms with Crippen molar-refractivity contribution in [1.82, 2.24) is 19.4 Å². The van der Waals surface area contributed by atoms with E-state index in [0.717, 1.165) is 35.1 Å². The minimum absolute atomic E-state index is 0.153. The smallest absolute Gasteiger partial charge is 0.306 e. The Morgan fingerprint density at radius 1 is 1.14 bits per heavy atom. The first kappa shape index (κ1) is 23.8. The fourth-order valence-corrected chi connectivity index (χ4v) is 6.07. The molecule has 1 amide bonds. The maximum absolute atomic E-state index is 13.5. The summed E-state index contributed by atoms with van der Waals surface area (Å²) in [5, 5.41) is 10.9. The van der Waals surface area contributed by atoms with Crippen LogP contribution in [0, 0.1) is 11.8 Å². The number of aliphatic carboxylic acids is 1. The van der Waals surface area contributed by atoms with Crippen molar-refractivity contribution in [2.75, 3.05) is 6.54 Å². The van der Waals surface area contributed by atoms with Gasteiger partial charge in [0.15, 0.2) is 0 Å². The molecule has 0 aromatic carbocycles. The molecule has 1 saturated carbocycles. The molecule has 1 N–H and O–H groups in total. The summed E-state index contributed by atoms with van der Waals surface area (Å²) in [5.41, 5.74) is 4.09. The van der Waals surface area contributed by atoms with Crippen molar-refractivity contribution in [2.24, 2.45) is 11.8 Å². The molecule has 0 radical (unpaired) electrons. The minimum atomic E-state index is -0.711. The summed E-state index contributed by atoms with van der Waals surface area (Å²) in [7, 11) is 0. The zero-order chi connectivity index (χ0) is 24.7. The normalized spacial score (nSPS) is 21.6. The molecule has 0 unspecified atom stereocenters. The topological polar surface area (TPSA) is 88.3 Å². The Morgan fingerprint density at radius 2 is 1.91 bits per heavy atom. The lowest BCUT2D eigenvalue weighted by Crippen LogP contribution is -2.46. The van der Waals surface area contributed by atoms with Gasteiger partial charge in [0.1, 0.15) is 10.8 Å². The lowest BCUT2D eigenvalue weighted by atomic mass is 9.78. The molecule has 4 heterocycles. The largest absolute Gasteiger partial charge is 0.481 e. The van der Waals surface area contributed by atoms with E-state index in [4.69, 9.17) is 16.6 Å². The van der Waals surface area contributed by atoms with Gasteiger partial charge in [0, 0.05) is 41.9 Å². The van der Waals surface area contributed by atoms with Gasteiger partial charge in [-0.15, -0.1) is 0 Å². The van der Waals surface area contributed by atoms with Crippen molar-refractivity contribution in [1.29, 1.82) is 0 Å². The number of carboxylic acids is 1. The van der Waals surface area contributed by atoms with Crippen LogP contribution >= 0.6 is 11.6 Å². The quantitative estimate of drug-likeness (QED) is 0.502. The summed E-state index contributed by atoms with van der Waals surface area (Å²) in [6.07, 6.45) is 7.02. The van der Waals surface area contributed by atoms with Crippen LogP contribution in [0.5, 0.6) is 0 Å². The Balaban J connectivity index is 1.43. The Labute approximate surface area is 210 Å². The first-order valence-corrected chi connectivity index (χ1v) is 12.7. The number of carbonyl (C=O) groups is 2.